The van der Waals surface area contributed by atoms with Gasteiger partial charge in [-0.1, -0.05) is 68.8 Å². The lowest BCUT2D eigenvalue weighted by Gasteiger charge is -2.18. The molecule has 0 aliphatic rings. The molecule has 0 bridgehead atoms. The molecule has 0 atom stereocenters. The topological polar surface area (TPSA) is 9.23 Å². The molecule has 0 heterocycles. The van der Waals surface area contributed by atoms with Crippen LogP contribution in [0.5, 0.6) is 5.75 Å². The zero-order valence-corrected chi connectivity index (χ0v) is 13.6. The maximum absolute atomic E-state index is 5.25. The SMILES string of the molecule is COc1ccc(/C(=C\C(C)(C)C)c2ccc(C)cc2)cc1. The Hall–Kier alpha value is -2.02. The van der Waals surface area contributed by atoms with E-state index in [-0.39, 0.29) is 5.41 Å². The molecule has 0 unspecified atom stereocenters. The first-order chi connectivity index (χ1) is 9.89. The average Bonchev–Trinajstić information content (AvgIpc) is 2.45. The standard InChI is InChI=1S/C20H24O/c1-15-6-8-16(9-7-15)19(14-20(2,3)4)17-10-12-18(21-5)13-11-17/h6-14H,1-5H3/b19-14-. The Bertz CT molecular complexity index is 610. The van der Waals surface area contributed by atoms with Gasteiger partial charge < -0.3 is 4.74 Å². The lowest BCUT2D eigenvalue weighted by atomic mass is 9.87. The molecule has 0 spiro atoms. The molecule has 2 aromatic rings. The van der Waals surface area contributed by atoms with E-state index in [1.165, 1.54) is 22.3 Å². The number of hydrogen-bond acceptors (Lipinski definition) is 1. The zero-order chi connectivity index (χ0) is 15.5. The molecule has 0 amide bonds. The second kappa shape index (κ2) is 6.17. The number of allylic oxidation sites excluding steroid dienone is 1. The molecule has 0 aromatic heterocycles. The number of rotatable bonds is 3. The first kappa shape index (κ1) is 15.4. The highest BCUT2D eigenvalue weighted by Gasteiger charge is 2.12. The van der Waals surface area contributed by atoms with Crippen molar-refractivity contribution in [3.8, 4) is 5.75 Å². The predicted molar refractivity (Wildman–Crippen MR) is 90.7 cm³/mol. The minimum Gasteiger partial charge on any atom is -0.497 e. The van der Waals surface area contributed by atoms with Gasteiger partial charge in [0.15, 0.2) is 0 Å². The molecule has 0 radical (unpaired) electrons. The molecule has 2 aromatic carbocycles. The molecule has 1 heteroatoms. The molecule has 0 aliphatic carbocycles. The summed E-state index contributed by atoms with van der Waals surface area (Å²) in [7, 11) is 1.70. The van der Waals surface area contributed by atoms with Crippen molar-refractivity contribution in [1.29, 1.82) is 0 Å². The maximum atomic E-state index is 5.25. The Morgan fingerprint density at radius 1 is 0.857 bits per heavy atom. The molecule has 2 rings (SSSR count). The summed E-state index contributed by atoms with van der Waals surface area (Å²) in [6.07, 6.45) is 2.33. The summed E-state index contributed by atoms with van der Waals surface area (Å²) in [6, 6.07) is 17.0. The van der Waals surface area contributed by atoms with E-state index < -0.39 is 0 Å². The highest BCUT2D eigenvalue weighted by atomic mass is 16.5. The molecular formula is C20H24O. The van der Waals surface area contributed by atoms with Crippen molar-refractivity contribution in [3.05, 3.63) is 71.3 Å². The van der Waals surface area contributed by atoms with E-state index in [2.05, 4.69) is 70.2 Å². The fourth-order valence-corrected chi connectivity index (χ4v) is 2.27. The van der Waals surface area contributed by atoms with Crippen LogP contribution < -0.4 is 4.74 Å². The van der Waals surface area contributed by atoms with E-state index in [9.17, 15) is 0 Å². The quantitative estimate of drug-likeness (QED) is 0.723. The van der Waals surface area contributed by atoms with Gasteiger partial charge in [-0.2, -0.15) is 0 Å². The summed E-state index contributed by atoms with van der Waals surface area (Å²) in [6.45, 7) is 8.80. The number of methoxy groups -OCH3 is 1. The molecule has 110 valence electrons. The van der Waals surface area contributed by atoms with Crippen LogP contribution in [0.1, 0.15) is 37.5 Å². The first-order valence-corrected chi connectivity index (χ1v) is 7.33. The summed E-state index contributed by atoms with van der Waals surface area (Å²) >= 11 is 0. The summed E-state index contributed by atoms with van der Waals surface area (Å²) in [5, 5.41) is 0. The van der Waals surface area contributed by atoms with Crippen LogP contribution >= 0.6 is 0 Å². The minimum atomic E-state index is 0.125. The Labute approximate surface area is 128 Å². The van der Waals surface area contributed by atoms with Crippen LogP contribution in [0.2, 0.25) is 0 Å². The van der Waals surface area contributed by atoms with Gasteiger partial charge in [0.1, 0.15) is 5.75 Å². The van der Waals surface area contributed by atoms with E-state index in [1.807, 2.05) is 12.1 Å². The number of hydrogen-bond donors (Lipinski definition) is 0. The van der Waals surface area contributed by atoms with Gasteiger partial charge in [-0.25, -0.2) is 0 Å². The van der Waals surface area contributed by atoms with Gasteiger partial charge >= 0.3 is 0 Å². The van der Waals surface area contributed by atoms with Crippen LogP contribution in [0, 0.1) is 12.3 Å². The Morgan fingerprint density at radius 3 is 1.76 bits per heavy atom. The Kier molecular flexibility index (Phi) is 4.52. The van der Waals surface area contributed by atoms with E-state index in [4.69, 9.17) is 4.74 Å². The summed E-state index contributed by atoms with van der Waals surface area (Å²) < 4.78 is 5.25. The normalized spacial score (nSPS) is 12.3. The largest absolute Gasteiger partial charge is 0.497 e. The lowest BCUT2D eigenvalue weighted by Crippen LogP contribution is -2.02. The first-order valence-electron chi connectivity index (χ1n) is 7.33. The highest BCUT2D eigenvalue weighted by molar-refractivity contribution is 5.80. The van der Waals surface area contributed by atoms with Crippen molar-refractivity contribution in [3.63, 3.8) is 0 Å². The Morgan fingerprint density at radius 2 is 1.33 bits per heavy atom. The lowest BCUT2D eigenvalue weighted by molar-refractivity contribution is 0.415. The van der Waals surface area contributed by atoms with Gasteiger partial charge in [-0.15, -0.1) is 0 Å². The number of benzene rings is 2. The van der Waals surface area contributed by atoms with Crippen LogP contribution in [0.4, 0.5) is 0 Å². The fraction of sp³-hybridized carbons (Fsp3) is 0.300. The van der Waals surface area contributed by atoms with Crippen molar-refractivity contribution in [2.45, 2.75) is 27.7 Å². The van der Waals surface area contributed by atoms with Gasteiger partial charge in [0.2, 0.25) is 0 Å². The molecule has 0 fully saturated rings. The van der Waals surface area contributed by atoms with Crippen LogP contribution in [0.3, 0.4) is 0 Å². The molecule has 0 aliphatic heterocycles. The minimum absolute atomic E-state index is 0.125. The van der Waals surface area contributed by atoms with Crippen LogP contribution in [0.15, 0.2) is 54.6 Å². The second-order valence-electron chi connectivity index (χ2n) is 6.52. The van der Waals surface area contributed by atoms with Crippen LogP contribution in [-0.4, -0.2) is 7.11 Å². The fourth-order valence-electron chi connectivity index (χ4n) is 2.27. The third-order valence-corrected chi connectivity index (χ3v) is 3.34. The molecular weight excluding hydrogens is 256 g/mol. The Balaban J connectivity index is 2.50. The van der Waals surface area contributed by atoms with E-state index in [0.717, 1.165) is 5.75 Å². The van der Waals surface area contributed by atoms with E-state index in [0.29, 0.717) is 0 Å². The smallest absolute Gasteiger partial charge is 0.118 e. The zero-order valence-electron chi connectivity index (χ0n) is 13.6. The number of ether oxygens (including phenoxy) is 1. The highest BCUT2D eigenvalue weighted by Crippen LogP contribution is 2.30. The van der Waals surface area contributed by atoms with Crippen molar-refractivity contribution >= 4 is 5.57 Å². The van der Waals surface area contributed by atoms with Gasteiger partial charge in [0, 0.05) is 0 Å². The van der Waals surface area contributed by atoms with Crippen LogP contribution in [0.25, 0.3) is 5.57 Å². The second-order valence-corrected chi connectivity index (χ2v) is 6.52. The van der Waals surface area contributed by atoms with Crippen LogP contribution in [-0.2, 0) is 0 Å². The molecule has 1 nitrogen and oxygen atoms in total. The summed E-state index contributed by atoms with van der Waals surface area (Å²) in [5.41, 5.74) is 5.14. The molecule has 21 heavy (non-hydrogen) atoms. The van der Waals surface area contributed by atoms with Crippen molar-refractivity contribution in [2.24, 2.45) is 5.41 Å². The predicted octanol–water partition coefficient (Wildman–Crippen LogP) is 5.48. The van der Waals surface area contributed by atoms with Gasteiger partial charge in [0.05, 0.1) is 7.11 Å². The monoisotopic (exact) mass is 280 g/mol. The van der Waals surface area contributed by atoms with Crippen molar-refractivity contribution in [1.82, 2.24) is 0 Å². The van der Waals surface area contributed by atoms with Crippen molar-refractivity contribution < 1.29 is 4.74 Å². The molecule has 0 saturated heterocycles. The van der Waals surface area contributed by atoms with E-state index >= 15 is 0 Å². The third kappa shape index (κ3) is 4.22. The molecule has 0 N–H and O–H groups in total. The van der Waals surface area contributed by atoms with Gasteiger partial charge in [-0.3, -0.25) is 0 Å². The maximum Gasteiger partial charge on any atom is 0.118 e. The number of aryl methyl sites for hydroxylation is 1. The summed E-state index contributed by atoms with van der Waals surface area (Å²) in [4.78, 5) is 0. The van der Waals surface area contributed by atoms with Gasteiger partial charge in [0.25, 0.3) is 0 Å². The third-order valence-electron chi connectivity index (χ3n) is 3.34. The van der Waals surface area contributed by atoms with Crippen molar-refractivity contribution in [2.75, 3.05) is 7.11 Å². The summed E-state index contributed by atoms with van der Waals surface area (Å²) in [5.74, 6) is 0.887. The van der Waals surface area contributed by atoms with E-state index in [1.54, 1.807) is 7.11 Å². The van der Waals surface area contributed by atoms with Gasteiger partial charge in [-0.05, 0) is 41.2 Å². The average molecular weight is 280 g/mol. The molecule has 0 saturated carbocycles.